The summed E-state index contributed by atoms with van der Waals surface area (Å²) in [5.41, 5.74) is 1.77. The third kappa shape index (κ3) is 2.42. The minimum Gasteiger partial charge on any atom is -0.465 e. The van der Waals surface area contributed by atoms with E-state index in [4.69, 9.17) is 0 Å². The molecule has 1 fully saturated rings. The molecule has 0 aliphatic carbocycles. The van der Waals surface area contributed by atoms with Gasteiger partial charge in [-0.25, -0.2) is 4.79 Å². The average molecular weight is 235 g/mol. The lowest BCUT2D eigenvalue weighted by atomic mass is 9.92. The Morgan fingerprint density at radius 2 is 2.12 bits per heavy atom. The Labute approximate surface area is 100 Å². The van der Waals surface area contributed by atoms with Crippen molar-refractivity contribution in [2.24, 2.45) is 0 Å². The maximum Gasteiger partial charge on any atom is 0.407 e. The Bertz CT molecular complexity index is 405. The van der Waals surface area contributed by atoms with Gasteiger partial charge in [-0.2, -0.15) is 0 Å². The normalized spacial score (nSPS) is 20.3. The molecule has 1 aliphatic heterocycles. The third-order valence-corrected chi connectivity index (χ3v) is 3.33. The molecule has 4 nitrogen and oxygen atoms in total. The fourth-order valence-corrected chi connectivity index (χ4v) is 2.49. The Kier molecular flexibility index (Phi) is 3.64. The highest BCUT2D eigenvalue weighted by molar-refractivity contribution is 5.66. The SMILES string of the molecule is O=C(O)N1CCCCC1c1ccccc1CO. The van der Waals surface area contributed by atoms with E-state index in [1.165, 1.54) is 4.90 Å². The summed E-state index contributed by atoms with van der Waals surface area (Å²) >= 11 is 0. The second kappa shape index (κ2) is 5.19. The lowest BCUT2D eigenvalue weighted by Gasteiger charge is -2.34. The second-order valence-corrected chi connectivity index (χ2v) is 4.34. The van der Waals surface area contributed by atoms with Crippen molar-refractivity contribution >= 4 is 6.09 Å². The molecular formula is C13H17NO3. The highest BCUT2D eigenvalue weighted by atomic mass is 16.4. The van der Waals surface area contributed by atoms with Crippen molar-refractivity contribution < 1.29 is 15.0 Å². The van der Waals surface area contributed by atoms with Gasteiger partial charge in [-0.3, -0.25) is 0 Å². The largest absolute Gasteiger partial charge is 0.465 e. The van der Waals surface area contributed by atoms with E-state index in [9.17, 15) is 15.0 Å². The van der Waals surface area contributed by atoms with Crippen LogP contribution in [-0.4, -0.2) is 27.8 Å². The third-order valence-electron chi connectivity index (χ3n) is 3.33. The van der Waals surface area contributed by atoms with Crippen LogP contribution in [0.5, 0.6) is 0 Å². The maximum absolute atomic E-state index is 11.2. The predicted molar refractivity (Wildman–Crippen MR) is 63.7 cm³/mol. The predicted octanol–water partition coefficient (Wildman–Crippen LogP) is 2.38. The highest BCUT2D eigenvalue weighted by Crippen LogP contribution is 2.32. The highest BCUT2D eigenvalue weighted by Gasteiger charge is 2.28. The number of hydrogen-bond donors (Lipinski definition) is 2. The zero-order chi connectivity index (χ0) is 12.3. The molecule has 1 aromatic carbocycles. The van der Waals surface area contributed by atoms with E-state index in [1.54, 1.807) is 0 Å². The number of aliphatic hydroxyl groups is 1. The molecule has 1 saturated heterocycles. The van der Waals surface area contributed by atoms with Gasteiger partial charge in [-0.1, -0.05) is 24.3 Å². The topological polar surface area (TPSA) is 60.8 Å². The minimum absolute atomic E-state index is 0.0415. The molecule has 2 rings (SSSR count). The maximum atomic E-state index is 11.2. The molecule has 1 atom stereocenters. The van der Waals surface area contributed by atoms with Crippen LogP contribution in [0.25, 0.3) is 0 Å². The van der Waals surface area contributed by atoms with Crippen LogP contribution in [0.1, 0.15) is 36.4 Å². The summed E-state index contributed by atoms with van der Waals surface area (Å²) in [6, 6.07) is 7.41. The molecule has 0 radical (unpaired) electrons. The van der Waals surface area contributed by atoms with E-state index >= 15 is 0 Å². The number of nitrogens with zero attached hydrogens (tertiary/aromatic N) is 1. The lowest BCUT2D eigenvalue weighted by molar-refractivity contribution is 0.106. The molecule has 1 amide bonds. The summed E-state index contributed by atoms with van der Waals surface area (Å²) < 4.78 is 0. The zero-order valence-corrected chi connectivity index (χ0v) is 9.67. The Balaban J connectivity index is 2.32. The van der Waals surface area contributed by atoms with E-state index in [2.05, 4.69) is 0 Å². The molecule has 17 heavy (non-hydrogen) atoms. The van der Waals surface area contributed by atoms with Crippen LogP contribution in [-0.2, 0) is 6.61 Å². The zero-order valence-electron chi connectivity index (χ0n) is 9.67. The number of benzene rings is 1. The number of hydrogen-bond acceptors (Lipinski definition) is 2. The van der Waals surface area contributed by atoms with Gasteiger partial charge >= 0.3 is 6.09 Å². The Hall–Kier alpha value is -1.55. The number of piperidine rings is 1. The second-order valence-electron chi connectivity index (χ2n) is 4.34. The van der Waals surface area contributed by atoms with E-state index in [0.717, 1.165) is 30.4 Å². The quantitative estimate of drug-likeness (QED) is 0.827. The van der Waals surface area contributed by atoms with Crippen molar-refractivity contribution in [3.8, 4) is 0 Å². The first-order chi connectivity index (χ1) is 8.24. The number of carboxylic acid groups (broad SMARTS) is 1. The summed E-state index contributed by atoms with van der Waals surface area (Å²) in [6.45, 7) is 0.542. The molecule has 92 valence electrons. The fraction of sp³-hybridized carbons (Fsp3) is 0.462. The van der Waals surface area contributed by atoms with Crippen molar-refractivity contribution in [3.05, 3.63) is 35.4 Å². The standard InChI is InChI=1S/C13H17NO3/c15-9-10-5-1-2-6-11(10)12-7-3-4-8-14(12)13(16)17/h1-2,5-6,12,15H,3-4,7-9H2,(H,16,17). The number of likely N-dealkylation sites (tertiary alicyclic amines) is 1. The Morgan fingerprint density at radius 1 is 1.35 bits per heavy atom. The molecule has 1 heterocycles. The molecule has 1 unspecified atom stereocenters. The first kappa shape index (κ1) is 11.9. The number of aliphatic hydroxyl groups excluding tert-OH is 1. The summed E-state index contributed by atoms with van der Waals surface area (Å²) in [5, 5.41) is 18.5. The Morgan fingerprint density at radius 3 is 2.82 bits per heavy atom. The first-order valence-corrected chi connectivity index (χ1v) is 5.92. The summed E-state index contributed by atoms with van der Waals surface area (Å²) in [4.78, 5) is 12.7. The van der Waals surface area contributed by atoms with Crippen LogP contribution in [0, 0.1) is 0 Å². The van der Waals surface area contributed by atoms with Crippen molar-refractivity contribution in [1.29, 1.82) is 0 Å². The minimum atomic E-state index is -0.873. The van der Waals surface area contributed by atoms with Gasteiger partial charge in [0.05, 0.1) is 12.6 Å². The molecule has 1 aliphatic rings. The van der Waals surface area contributed by atoms with E-state index in [1.807, 2.05) is 24.3 Å². The van der Waals surface area contributed by atoms with Gasteiger partial charge in [0.1, 0.15) is 0 Å². The molecule has 0 spiro atoms. The van der Waals surface area contributed by atoms with Gasteiger partial charge in [0.25, 0.3) is 0 Å². The van der Waals surface area contributed by atoms with E-state index < -0.39 is 6.09 Å². The first-order valence-electron chi connectivity index (χ1n) is 5.92. The van der Waals surface area contributed by atoms with Gasteiger partial charge in [0.2, 0.25) is 0 Å². The number of amides is 1. The van der Waals surface area contributed by atoms with Crippen molar-refractivity contribution in [1.82, 2.24) is 4.90 Å². The van der Waals surface area contributed by atoms with Crippen molar-refractivity contribution in [2.45, 2.75) is 31.9 Å². The van der Waals surface area contributed by atoms with Crippen LogP contribution in [0.2, 0.25) is 0 Å². The van der Waals surface area contributed by atoms with Gasteiger partial charge < -0.3 is 15.1 Å². The molecule has 0 bridgehead atoms. The molecule has 2 N–H and O–H groups in total. The summed E-state index contributed by atoms with van der Waals surface area (Å²) in [6.07, 6.45) is 1.92. The number of carbonyl (C=O) groups is 1. The van der Waals surface area contributed by atoms with Gasteiger partial charge in [-0.05, 0) is 30.4 Å². The molecule has 4 heteroatoms. The molecule has 1 aromatic rings. The van der Waals surface area contributed by atoms with Crippen molar-refractivity contribution in [3.63, 3.8) is 0 Å². The van der Waals surface area contributed by atoms with E-state index in [-0.39, 0.29) is 12.6 Å². The average Bonchev–Trinajstić information content (AvgIpc) is 2.38. The lowest BCUT2D eigenvalue weighted by Crippen LogP contribution is -2.37. The van der Waals surface area contributed by atoms with Crippen LogP contribution in [0.3, 0.4) is 0 Å². The summed E-state index contributed by atoms with van der Waals surface area (Å²) in [5.74, 6) is 0. The van der Waals surface area contributed by atoms with Crippen LogP contribution in [0.15, 0.2) is 24.3 Å². The van der Waals surface area contributed by atoms with Gasteiger partial charge in [-0.15, -0.1) is 0 Å². The number of rotatable bonds is 2. The van der Waals surface area contributed by atoms with E-state index in [0.29, 0.717) is 6.54 Å². The smallest absolute Gasteiger partial charge is 0.407 e. The van der Waals surface area contributed by atoms with Gasteiger partial charge in [0.15, 0.2) is 0 Å². The fourth-order valence-electron chi connectivity index (χ4n) is 2.49. The summed E-state index contributed by atoms with van der Waals surface area (Å²) in [7, 11) is 0. The van der Waals surface area contributed by atoms with Crippen LogP contribution < -0.4 is 0 Å². The van der Waals surface area contributed by atoms with Crippen LogP contribution >= 0.6 is 0 Å². The van der Waals surface area contributed by atoms with Gasteiger partial charge in [0, 0.05) is 6.54 Å². The van der Waals surface area contributed by atoms with Crippen molar-refractivity contribution in [2.75, 3.05) is 6.54 Å². The molecule has 0 saturated carbocycles. The van der Waals surface area contributed by atoms with Crippen LogP contribution in [0.4, 0.5) is 4.79 Å². The molecular weight excluding hydrogens is 218 g/mol. The molecule has 0 aromatic heterocycles. The monoisotopic (exact) mass is 235 g/mol.